The van der Waals surface area contributed by atoms with E-state index in [0.29, 0.717) is 11.8 Å². The molecule has 1 aliphatic heterocycles. The number of benzene rings is 2. The van der Waals surface area contributed by atoms with Crippen molar-refractivity contribution in [3.63, 3.8) is 0 Å². The first-order valence-corrected chi connectivity index (χ1v) is 10.5. The van der Waals surface area contributed by atoms with E-state index in [2.05, 4.69) is 90.2 Å². The largest absolute Gasteiger partial charge is 0.357 e. The highest BCUT2D eigenvalue weighted by atomic mass is 15.2. The first-order valence-electron chi connectivity index (χ1n) is 10.5. The van der Waals surface area contributed by atoms with Gasteiger partial charge in [-0.25, -0.2) is 0 Å². The van der Waals surface area contributed by atoms with Gasteiger partial charge in [-0.2, -0.15) is 0 Å². The lowest BCUT2D eigenvalue weighted by atomic mass is 9.92. The van der Waals surface area contributed by atoms with Crippen molar-refractivity contribution in [1.29, 1.82) is 0 Å². The predicted molar refractivity (Wildman–Crippen MR) is 119 cm³/mol. The van der Waals surface area contributed by atoms with Crippen molar-refractivity contribution in [3.05, 3.63) is 71.8 Å². The summed E-state index contributed by atoms with van der Waals surface area (Å²) in [6.07, 6.45) is 2.27. The van der Waals surface area contributed by atoms with Crippen molar-refractivity contribution in [2.24, 2.45) is 10.9 Å². The Morgan fingerprint density at radius 2 is 1.79 bits per heavy atom. The third-order valence-electron chi connectivity index (χ3n) is 5.46. The molecule has 4 nitrogen and oxygen atoms in total. The number of hydrogen-bond acceptors (Lipinski definition) is 2. The topological polar surface area (TPSA) is 39.7 Å². The molecule has 0 radical (unpaired) electrons. The van der Waals surface area contributed by atoms with Crippen LogP contribution in [0.5, 0.6) is 0 Å². The molecule has 3 rings (SSSR count). The highest BCUT2D eigenvalue weighted by Gasteiger charge is 2.19. The summed E-state index contributed by atoms with van der Waals surface area (Å²) in [4.78, 5) is 7.35. The fourth-order valence-electron chi connectivity index (χ4n) is 3.89. The van der Waals surface area contributed by atoms with E-state index in [4.69, 9.17) is 4.99 Å². The Labute approximate surface area is 170 Å². The van der Waals surface area contributed by atoms with Crippen LogP contribution in [-0.4, -0.2) is 50.6 Å². The maximum Gasteiger partial charge on any atom is 0.191 e. The molecule has 2 N–H and O–H groups in total. The number of aliphatic imine (C=N–C) groups is 1. The van der Waals surface area contributed by atoms with Crippen LogP contribution >= 0.6 is 0 Å². The van der Waals surface area contributed by atoms with Crippen molar-refractivity contribution in [1.82, 2.24) is 15.5 Å². The van der Waals surface area contributed by atoms with E-state index >= 15 is 0 Å². The number of nitrogens with zero attached hydrogens (tertiary/aromatic N) is 2. The van der Waals surface area contributed by atoms with Crippen LogP contribution < -0.4 is 10.6 Å². The summed E-state index contributed by atoms with van der Waals surface area (Å²) in [5.74, 6) is 2.02. The standard InChI is InChI=1S/C24H34N4/c1-3-25-24(26-17-21-14-15-28(2)19-21)27-18-23(22-12-8-5-9-13-22)16-20-10-6-4-7-11-20/h4-13,21,23H,3,14-19H2,1-2H3,(H2,25,26,27). The van der Waals surface area contributed by atoms with Crippen molar-refractivity contribution >= 4 is 5.96 Å². The number of nitrogens with one attached hydrogen (secondary N) is 2. The Balaban J connectivity index is 1.66. The van der Waals surface area contributed by atoms with E-state index in [0.717, 1.165) is 32.0 Å². The normalized spacial score (nSPS) is 18.8. The zero-order valence-corrected chi connectivity index (χ0v) is 17.3. The molecule has 0 aliphatic carbocycles. The predicted octanol–water partition coefficient (Wildman–Crippen LogP) is 3.52. The molecule has 0 saturated carbocycles. The summed E-state index contributed by atoms with van der Waals surface area (Å²) in [5.41, 5.74) is 2.71. The van der Waals surface area contributed by atoms with Crippen molar-refractivity contribution in [2.75, 3.05) is 39.8 Å². The second kappa shape index (κ2) is 10.9. The lowest BCUT2D eigenvalue weighted by Crippen LogP contribution is -2.40. The maximum absolute atomic E-state index is 4.95. The molecular weight excluding hydrogens is 344 g/mol. The average Bonchev–Trinajstić information content (AvgIpc) is 3.15. The minimum atomic E-state index is 0.372. The van der Waals surface area contributed by atoms with Gasteiger partial charge in [-0.3, -0.25) is 4.99 Å². The van der Waals surface area contributed by atoms with Gasteiger partial charge in [-0.15, -0.1) is 0 Å². The first kappa shape index (κ1) is 20.4. The van der Waals surface area contributed by atoms with Crippen LogP contribution in [0.2, 0.25) is 0 Å². The average molecular weight is 379 g/mol. The van der Waals surface area contributed by atoms with E-state index in [1.165, 1.54) is 30.6 Å². The second-order valence-corrected chi connectivity index (χ2v) is 7.81. The second-order valence-electron chi connectivity index (χ2n) is 7.81. The molecular formula is C24H34N4. The van der Waals surface area contributed by atoms with Gasteiger partial charge in [0.1, 0.15) is 0 Å². The molecule has 1 saturated heterocycles. The third-order valence-corrected chi connectivity index (χ3v) is 5.46. The lowest BCUT2D eigenvalue weighted by molar-refractivity contribution is 0.394. The van der Waals surface area contributed by atoms with Crippen LogP contribution in [0.3, 0.4) is 0 Å². The highest BCUT2D eigenvalue weighted by molar-refractivity contribution is 5.79. The zero-order valence-electron chi connectivity index (χ0n) is 17.3. The van der Waals surface area contributed by atoms with Crippen molar-refractivity contribution in [2.45, 2.75) is 25.7 Å². The summed E-state index contributed by atoms with van der Waals surface area (Å²) in [6.45, 7) is 7.15. The molecule has 1 fully saturated rings. The maximum atomic E-state index is 4.95. The fourth-order valence-corrected chi connectivity index (χ4v) is 3.89. The minimum Gasteiger partial charge on any atom is -0.357 e. The molecule has 4 heteroatoms. The number of likely N-dealkylation sites (tertiary alicyclic amines) is 1. The van der Waals surface area contributed by atoms with Crippen molar-refractivity contribution in [3.8, 4) is 0 Å². The number of hydrogen-bond donors (Lipinski definition) is 2. The molecule has 0 spiro atoms. The quantitative estimate of drug-likeness (QED) is 0.545. The molecule has 0 aromatic heterocycles. The Morgan fingerprint density at radius 1 is 1.07 bits per heavy atom. The summed E-state index contributed by atoms with van der Waals surface area (Å²) in [6, 6.07) is 21.5. The minimum absolute atomic E-state index is 0.372. The first-order chi connectivity index (χ1) is 13.7. The van der Waals surface area contributed by atoms with E-state index in [-0.39, 0.29) is 0 Å². The van der Waals surface area contributed by atoms with Gasteiger partial charge in [0.05, 0.1) is 0 Å². The van der Waals surface area contributed by atoms with E-state index < -0.39 is 0 Å². The van der Waals surface area contributed by atoms with Crippen LogP contribution in [0.25, 0.3) is 0 Å². The van der Waals surface area contributed by atoms with Crippen LogP contribution in [0.15, 0.2) is 65.7 Å². The summed E-state index contributed by atoms with van der Waals surface area (Å²) in [5, 5.41) is 6.98. The molecule has 2 aromatic rings. The Bertz CT molecular complexity index is 714. The van der Waals surface area contributed by atoms with Gasteiger partial charge in [0.25, 0.3) is 0 Å². The van der Waals surface area contributed by atoms with Crippen LogP contribution in [0.1, 0.15) is 30.4 Å². The molecule has 0 amide bonds. The molecule has 28 heavy (non-hydrogen) atoms. The fraction of sp³-hybridized carbons (Fsp3) is 0.458. The van der Waals surface area contributed by atoms with Gasteiger partial charge in [0, 0.05) is 32.1 Å². The zero-order chi connectivity index (χ0) is 19.6. The van der Waals surface area contributed by atoms with Gasteiger partial charge < -0.3 is 15.5 Å². The SMILES string of the molecule is CCNC(=NCC(Cc1ccccc1)c1ccccc1)NCC1CCN(C)C1. The monoisotopic (exact) mass is 378 g/mol. The summed E-state index contributed by atoms with van der Waals surface area (Å²) >= 11 is 0. The molecule has 0 bridgehead atoms. The summed E-state index contributed by atoms with van der Waals surface area (Å²) in [7, 11) is 2.20. The van der Waals surface area contributed by atoms with E-state index in [9.17, 15) is 0 Å². The Hall–Kier alpha value is -2.33. The highest BCUT2D eigenvalue weighted by Crippen LogP contribution is 2.21. The number of rotatable bonds is 8. The molecule has 1 aliphatic rings. The van der Waals surface area contributed by atoms with Crippen LogP contribution in [0, 0.1) is 5.92 Å². The van der Waals surface area contributed by atoms with Gasteiger partial charge in [-0.05, 0) is 50.4 Å². The Morgan fingerprint density at radius 3 is 2.43 bits per heavy atom. The smallest absolute Gasteiger partial charge is 0.191 e. The Kier molecular flexibility index (Phi) is 7.92. The number of guanidine groups is 1. The molecule has 2 aromatic carbocycles. The molecule has 1 heterocycles. The van der Waals surface area contributed by atoms with E-state index in [1.807, 2.05) is 0 Å². The van der Waals surface area contributed by atoms with Gasteiger partial charge >= 0.3 is 0 Å². The van der Waals surface area contributed by atoms with Crippen LogP contribution in [-0.2, 0) is 6.42 Å². The van der Waals surface area contributed by atoms with Gasteiger partial charge in [0.2, 0.25) is 0 Å². The van der Waals surface area contributed by atoms with Gasteiger partial charge in [-0.1, -0.05) is 60.7 Å². The lowest BCUT2D eigenvalue weighted by Gasteiger charge is -2.18. The molecule has 2 atom stereocenters. The molecule has 2 unspecified atom stereocenters. The van der Waals surface area contributed by atoms with Crippen LogP contribution in [0.4, 0.5) is 0 Å². The summed E-state index contributed by atoms with van der Waals surface area (Å²) < 4.78 is 0. The van der Waals surface area contributed by atoms with Gasteiger partial charge in [0.15, 0.2) is 5.96 Å². The third kappa shape index (κ3) is 6.38. The van der Waals surface area contributed by atoms with E-state index in [1.54, 1.807) is 0 Å². The van der Waals surface area contributed by atoms with Crippen molar-refractivity contribution < 1.29 is 0 Å². The molecule has 150 valence electrons.